The number of imide groups is 1. The van der Waals surface area contributed by atoms with Crippen LogP contribution in [0.5, 0.6) is 0 Å². The Labute approximate surface area is 271 Å². The number of anilines is 1. The highest BCUT2D eigenvalue weighted by atomic mass is 16.2. The maximum absolute atomic E-state index is 14.1. The molecule has 12 nitrogen and oxygen atoms in total. The number of aryl methyl sites for hydroxylation is 2. The molecule has 4 aromatic rings. The van der Waals surface area contributed by atoms with Gasteiger partial charge in [-0.05, 0) is 39.2 Å². The average Bonchev–Trinajstić information content (AvgIpc) is 3.57. The summed E-state index contributed by atoms with van der Waals surface area (Å²) in [5, 5.41) is 0.898. The molecule has 12 heteroatoms. The standard InChI is InChI=1S/C35H36N8O4/c1-6-9-15-26-24(8-3)31(44)43(32(26)45)23-14-13-18-40(20-23)34-38-30-29(41(34)19-10-7-2)33(46)42(35(47)39(30)5)21-28-36-22(4)25-16-11-12-17-27(25)37-28/h8-9,11-12,15-17,23H,3,6,13-14,18-21H2,1-2,4-5H3/b15-9-. The van der Waals surface area contributed by atoms with Crippen molar-refractivity contribution < 1.29 is 9.59 Å². The quantitative estimate of drug-likeness (QED) is 0.214. The Morgan fingerprint density at radius 1 is 1.04 bits per heavy atom. The van der Waals surface area contributed by atoms with Gasteiger partial charge < -0.3 is 4.90 Å². The summed E-state index contributed by atoms with van der Waals surface area (Å²) in [7, 11) is 1.58. The number of aromatic nitrogens is 6. The molecule has 2 aliphatic rings. The average molecular weight is 633 g/mol. The summed E-state index contributed by atoms with van der Waals surface area (Å²) in [6.07, 6.45) is 7.00. The summed E-state index contributed by atoms with van der Waals surface area (Å²) < 4.78 is 4.20. The van der Waals surface area contributed by atoms with E-state index in [2.05, 4.69) is 28.4 Å². The lowest BCUT2D eigenvalue weighted by molar-refractivity contribution is -0.140. The van der Waals surface area contributed by atoms with Crippen LogP contribution in [-0.4, -0.2) is 64.5 Å². The molecule has 5 heterocycles. The summed E-state index contributed by atoms with van der Waals surface area (Å²) in [4.78, 5) is 71.9. The highest BCUT2D eigenvalue weighted by Crippen LogP contribution is 2.30. The van der Waals surface area contributed by atoms with E-state index in [1.54, 1.807) is 24.6 Å². The molecule has 0 aliphatic carbocycles. The second-order valence-corrected chi connectivity index (χ2v) is 11.6. The molecule has 0 radical (unpaired) electrons. The second-order valence-electron chi connectivity index (χ2n) is 11.6. The third-order valence-corrected chi connectivity index (χ3v) is 8.72. The van der Waals surface area contributed by atoms with Crippen LogP contribution >= 0.6 is 0 Å². The molecule has 1 fully saturated rings. The number of hydrogen-bond donors (Lipinski definition) is 0. The maximum Gasteiger partial charge on any atom is 0.332 e. The molecule has 0 bridgehead atoms. The van der Waals surface area contributed by atoms with Crippen molar-refractivity contribution in [2.75, 3.05) is 18.0 Å². The number of nitrogens with zero attached hydrogens (tertiary/aromatic N) is 8. The fraction of sp³-hybridized carbons (Fsp3) is 0.343. The van der Waals surface area contributed by atoms with Crippen LogP contribution in [0.25, 0.3) is 22.1 Å². The van der Waals surface area contributed by atoms with E-state index >= 15 is 0 Å². The van der Waals surface area contributed by atoms with E-state index in [9.17, 15) is 19.2 Å². The first-order valence-corrected chi connectivity index (χ1v) is 15.7. The Kier molecular flexibility index (Phi) is 8.47. The highest BCUT2D eigenvalue weighted by Gasteiger charge is 2.42. The summed E-state index contributed by atoms with van der Waals surface area (Å²) in [5.41, 5.74) is 1.48. The second kappa shape index (κ2) is 12.7. The van der Waals surface area contributed by atoms with Crippen LogP contribution < -0.4 is 16.1 Å². The minimum Gasteiger partial charge on any atom is -0.340 e. The predicted molar refractivity (Wildman–Crippen MR) is 180 cm³/mol. The van der Waals surface area contributed by atoms with E-state index in [0.29, 0.717) is 48.9 Å². The third-order valence-electron chi connectivity index (χ3n) is 8.72. The van der Waals surface area contributed by atoms with Crippen LogP contribution in [0, 0.1) is 18.8 Å². The minimum atomic E-state index is -0.546. The van der Waals surface area contributed by atoms with Crippen LogP contribution in [0.1, 0.15) is 44.6 Å². The summed E-state index contributed by atoms with van der Waals surface area (Å²) in [5.74, 6) is 6.01. The molecule has 0 N–H and O–H groups in total. The Morgan fingerprint density at radius 2 is 1.81 bits per heavy atom. The molecule has 240 valence electrons. The fourth-order valence-corrected chi connectivity index (χ4v) is 6.41. The third kappa shape index (κ3) is 5.37. The number of amides is 2. The van der Waals surface area contributed by atoms with Gasteiger partial charge in [0.2, 0.25) is 5.95 Å². The van der Waals surface area contributed by atoms with Gasteiger partial charge in [0.1, 0.15) is 5.82 Å². The smallest absolute Gasteiger partial charge is 0.332 e. The van der Waals surface area contributed by atoms with E-state index in [4.69, 9.17) is 4.98 Å². The van der Waals surface area contributed by atoms with E-state index in [0.717, 1.165) is 27.6 Å². The van der Waals surface area contributed by atoms with Crippen LogP contribution in [-0.2, 0) is 29.7 Å². The van der Waals surface area contributed by atoms with E-state index in [-0.39, 0.29) is 36.1 Å². The van der Waals surface area contributed by atoms with Crippen LogP contribution in [0.4, 0.5) is 5.95 Å². The van der Waals surface area contributed by atoms with Crippen molar-refractivity contribution in [1.29, 1.82) is 0 Å². The molecule has 47 heavy (non-hydrogen) atoms. The largest absolute Gasteiger partial charge is 0.340 e. The Morgan fingerprint density at radius 3 is 2.55 bits per heavy atom. The van der Waals surface area contributed by atoms with Crippen molar-refractivity contribution in [1.82, 2.24) is 33.6 Å². The molecule has 1 aromatic carbocycles. The van der Waals surface area contributed by atoms with Crippen molar-refractivity contribution >= 4 is 39.8 Å². The van der Waals surface area contributed by atoms with E-state index in [1.165, 1.54) is 15.5 Å². The van der Waals surface area contributed by atoms with Crippen LogP contribution in [0.3, 0.4) is 0 Å². The molecule has 3 aromatic heterocycles. The molecule has 0 spiro atoms. The number of benzene rings is 1. The lowest BCUT2D eigenvalue weighted by Gasteiger charge is -2.37. The van der Waals surface area contributed by atoms with Crippen molar-refractivity contribution in [3.05, 3.63) is 92.6 Å². The SMILES string of the molecule is C=CC1=C(/C=C\CC)C(=O)N(C2CCCN(c3nc4c(c(=O)n(Cc5nc(C)c6ccccc6n5)c(=O)n4C)n3CC#CC)C2)C1=O. The zero-order valence-electron chi connectivity index (χ0n) is 27.0. The first kappa shape index (κ1) is 31.4. The molecule has 2 aliphatic heterocycles. The van der Waals surface area contributed by atoms with Crippen molar-refractivity contribution in [3.63, 3.8) is 0 Å². The lowest BCUT2D eigenvalue weighted by atomic mass is 10.0. The molecular weight excluding hydrogens is 596 g/mol. The molecule has 0 saturated carbocycles. The van der Waals surface area contributed by atoms with Crippen LogP contribution in [0.2, 0.25) is 0 Å². The number of imidazole rings is 1. The Hall–Kier alpha value is -5.57. The number of piperidine rings is 1. The number of fused-ring (bicyclic) bond motifs is 2. The molecule has 6 rings (SSSR count). The monoisotopic (exact) mass is 632 g/mol. The summed E-state index contributed by atoms with van der Waals surface area (Å²) >= 11 is 0. The van der Waals surface area contributed by atoms with Gasteiger partial charge in [0.15, 0.2) is 11.2 Å². The zero-order valence-corrected chi connectivity index (χ0v) is 27.0. The number of carbonyl (C=O) groups excluding carboxylic acids is 2. The molecule has 1 unspecified atom stereocenters. The van der Waals surface area contributed by atoms with Gasteiger partial charge in [-0.15, -0.1) is 5.92 Å². The van der Waals surface area contributed by atoms with Gasteiger partial charge >= 0.3 is 5.69 Å². The van der Waals surface area contributed by atoms with Crippen molar-refractivity contribution in [2.45, 2.75) is 59.2 Å². The molecule has 2 amide bonds. The number of carbonyl (C=O) groups is 2. The van der Waals surface area contributed by atoms with Gasteiger partial charge in [-0.25, -0.2) is 14.8 Å². The van der Waals surface area contributed by atoms with Crippen molar-refractivity contribution in [3.8, 4) is 11.8 Å². The van der Waals surface area contributed by atoms with Gasteiger partial charge in [-0.2, -0.15) is 4.98 Å². The first-order valence-electron chi connectivity index (χ1n) is 15.7. The van der Waals surface area contributed by atoms with Gasteiger partial charge in [-0.1, -0.05) is 55.9 Å². The number of allylic oxidation sites excluding steroid dienone is 1. The minimum absolute atomic E-state index is 0.120. The van der Waals surface area contributed by atoms with Gasteiger partial charge in [0.05, 0.1) is 35.8 Å². The molecule has 1 saturated heterocycles. The Balaban J connectivity index is 1.41. The lowest BCUT2D eigenvalue weighted by Crippen LogP contribution is -2.51. The number of para-hydroxylation sites is 1. The summed E-state index contributed by atoms with van der Waals surface area (Å²) in [6.45, 7) is 10.2. The normalized spacial score (nSPS) is 17.0. The van der Waals surface area contributed by atoms with Gasteiger partial charge in [0, 0.05) is 31.2 Å². The summed E-state index contributed by atoms with van der Waals surface area (Å²) in [6, 6.07) is 7.16. The van der Waals surface area contributed by atoms with Crippen molar-refractivity contribution in [2.24, 2.45) is 7.05 Å². The predicted octanol–water partition coefficient (Wildman–Crippen LogP) is 3.01. The first-order chi connectivity index (χ1) is 22.7. The highest BCUT2D eigenvalue weighted by molar-refractivity contribution is 6.22. The van der Waals surface area contributed by atoms with Gasteiger partial charge in [-0.3, -0.25) is 33.0 Å². The van der Waals surface area contributed by atoms with E-state index < -0.39 is 17.3 Å². The number of rotatable bonds is 8. The zero-order chi connectivity index (χ0) is 33.4. The molecule has 1 atom stereocenters. The van der Waals surface area contributed by atoms with Gasteiger partial charge in [0.25, 0.3) is 17.4 Å². The Bertz CT molecular complexity index is 2210. The molecular formula is C35H36N8O4. The fourth-order valence-electron chi connectivity index (χ4n) is 6.41. The topological polar surface area (TPSA) is 128 Å². The van der Waals surface area contributed by atoms with Crippen LogP contribution in [0.15, 0.2) is 69.8 Å². The maximum atomic E-state index is 14.1. The van der Waals surface area contributed by atoms with E-state index in [1.807, 2.05) is 49.1 Å². The number of hydrogen-bond acceptors (Lipinski definition) is 8.